The Balaban J connectivity index is 2.00. The van der Waals surface area contributed by atoms with Crippen molar-refractivity contribution < 1.29 is 24.2 Å². The van der Waals surface area contributed by atoms with Crippen molar-refractivity contribution in [1.29, 1.82) is 0 Å². The normalized spacial score (nSPS) is 15.3. The molecule has 2 aromatic rings. The summed E-state index contributed by atoms with van der Waals surface area (Å²) in [4.78, 5) is 43.3. The van der Waals surface area contributed by atoms with E-state index in [9.17, 15) is 19.5 Å². The number of unbranched alkanes of at least 4 members (excludes halogenated alkanes) is 4. The number of rotatable bonds is 14. The molecule has 0 aromatic heterocycles. The van der Waals surface area contributed by atoms with E-state index in [4.69, 9.17) is 4.74 Å². The first-order valence-corrected chi connectivity index (χ1v) is 16.0. The predicted octanol–water partition coefficient (Wildman–Crippen LogP) is 6.82. The van der Waals surface area contributed by atoms with Crippen molar-refractivity contribution >= 4 is 17.9 Å². The van der Waals surface area contributed by atoms with E-state index in [0.717, 1.165) is 63.4 Å². The van der Waals surface area contributed by atoms with E-state index in [1.807, 2.05) is 30.3 Å². The third kappa shape index (κ3) is 11.6. The lowest BCUT2D eigenvalue weighted by Crippen LogP contribution is -2.54. The average molecular weight is 594 g/mol. The number of benzene rings is 2. The van der Waals surface area contributed by atoms with Gasteiger partial charge in [-0.2, -0.15) is 0 Å². The van der Waals surface area contributed by atoms with Gasteiger partial charge in [-0.25, -0.2) is 4.79 Å². The van der Waals surface area contributed by atoms with Gasteiger partial charge in [-0.15, -0.1) is 0 Å². The number of carbonyl (C=O) groups excluding carboxylic acids is 3. The number of hydrogen-bond donors (Lipinski definition) is 3. The molecule has 1 aliphatic carbocycles. The third-order valence-electron chi connectivity index (χ3n) is 7.75. The largest absolute Gasteiger partial charge is 0.508 e. The number of nitrogens with zero attached hydrogens (tertiary/aromatic N) is 1. The Morgan fingerprint density at radius 2 is 1.65 bits per heavy atom. The van der Waals surface area contributed by atoms with E-state index in [2.05, 4.69) is 17.6 Å². The number of aromatic hydroxyl groups is 1. The summed E-state index contributed by atoms with van der Waals surface area (Å²) in [6.07, 6.45) is 9.48. The number of phenols is 1. The average Bonchev–Trinajstić information content (AvgIpc) is 2.96. The molecule has 8 nitrogen and oxygen atoms in total. The molecule has 0 radical (unpaired) electrons. The molecule has 3 rings (SSSR count). The molecule has 0 bridgehead atoms. The molecule has 1 saturated carbocycles. The lowest BCUT2D eigenvalue weighted by atomic mass is 9.94. The first kappa shape index (κ1) is 33.9. The Labute approximate surface area is 257 Å². The van der Waals surface area contributed by atoms with Crippen LogP contribution >= 0.6 is 0 Å². The summed E-state index contributed by atoms with van der Waals surface area (Å²) in [5, 5.41) is 16.4. The summed E-state index contributed by atoms with van der Waals surface area (Å²) in [7, 11) is 0. The highest BCUT2D eigenvalue weighted by molar-refractivity contribution is 5.92. The fourth-order valence-electron chi connectivity index (χ4n) is 5.65. The number of amides is 3. The highest BCUT2D eigenvalue weighted by Gasteiger charge is 2.37. The Bertz CT molecular complexity index is 1160. The second kappa shape index (κ2) is 16.9. The van der Waals surface area contributed by atoms with Gasteiger partial charge in [-0.1, -0.05) is 94.3 Å². The molecule has 2 aromatic carbocycles. The van der Waals surface area contributed by atoms with Gasteiger partial charge in [0.25, 0.3) is 0 Å². The van der Waals surface area contributed by atoms with Gasteiger partial charge < -0.3 is 25.4 Å². The minimum Gasteiger partial charge on any atom is -0.508 e. The molecule has 43 heavy (non-hydrogen) atoms. The lowest BCUT2D eigenvalue weighted by Gasteiger charge is -2.36. The highest BCUT2D eigenvalue weighted by Crippen LogP contribution is 2.28. The summed E-state index contributed by atoms with van der Waals surface area (Å²) >= 11 is 0. The molecule has 2 atom stereocenters. The van der Waals surface area contributed by atoms with Crippen LogP contribution in [0.15, 0.2) is 54.6 Å². The molecular formula is C35H51N3O5. The Hall–Kier alpha value is -3.55. The summed E-state index contributed by atoms with van der Waals surface area (Å²) < 4.78 is 5.54. The summed E-state index contributed by atoms with van der Waals surface area (Å²) in [5.41, 5.74) is 0.666. The quantitative estimate of drug-likeness (QED) is 0.208. The number of nitrogens with one attached hydrogen (secondary N) is 2. The van der Waals surface area contributed by atoms with E-state index in [1.54, 1.807) is 49.9 Å². The standard InChI is InChI=1S/C35H51N3O5/c1-5-6-7-8-15-23-38(31(27-19-16-22-29(39)25-27)32(40)36-28-20-13-10-14-21-28)33(41)30(24-26-17-11-9-12-18-26)37-34(42)43-35(2,3)4/h9,11-12,16-19,22,25,28,30-31,39H,5-8,10,13-15,20-21,23-24H2,1-4H3,(H,36,40)(H,37,42). The molecule has 1 aliphatic rings. The first-order chi connectivity index (χ1) is 20.6. The van der Waals surface area contributed by atoms with Crippen molar-refractivity contribution in [2.75, 3.05) is 6.54 Å². The van der Waals surface area contributed by atoms with E-state index in [1.165, 1.54) is 0 Å². The Morgan fingerprint density at radius 3 is 2.30 bits per heavy atom. The maximum Gasteiger partial charge on any atom is 0.408 e. The van der Waals surface area contributed by atoms with Crippen LogP contribution in [0.5, 0.6) is 5.75 Å². The monoisotopic (exact) mass is 593 g/mol. The first-order valence-electron chi connectivity index (χ1n) is 16.0. The van der Waals surface area contributed by atoms with Gasteiger partial charge >= 0.3 is 6.09 Å². The molecule has 2 unspecified atom stereocenters. The minimum absolute atomic E-state index is 0.0241. The van der Waals surface area contributed by atoms with Crippen LogP contribution in [0, 0.1) is 0 Å². The van der Waals surface area contributed by atoms with E-state index < -0.39 is 23.8 Å². The van der Waals surface area contributed by atoms with Crippen molar-refractivity contribution in [3.05, 3.63) is 65.7 Å². The van der Waals surface area contributed by atoms with Crippen LogP contribution in [0.1, 0.15) is 109 Å². The molecule has 0 heterocycles. The molecule has 8 heteroatoms. The smallest absolute Gasteiger partial charge is 0.408 e. The van der Waals surface area contributed by atoms with Crippen molar-refractivity contribution in [3.8, 4) is 5.75 Å². The van der Waals surface area contributed by atoms with Crippen molar-refractivity contribution in [1.82, 2.24) is 15.5 Å². The predicted molar refractivity (Wildman–Crippen MR) is 170 cm³/mol. The van der Waals surface area contributed by atoms with Crippen LogP contribution in [0.2, 0.25) is 0 Å². The third-order valence-corrected chi connectivity index (χ3v) is 7.75. The van der Waals surface area contributed by atoms with Gasteiger partial charge in [0.15, 0.2) is 0 Å². The van der Waals surface area contributed by atoms with Gasteiger partial charge in [0, 0.05) is 19.0 Å². The molecule has 236 valence electrons. The molecule has 0 saturated heterocycles. The maximum absolute atomic E-state index is 14.6. The van der Waals surface area contributed by atoms with Crippen LogP contribution in [0.3, 0.4) is 0 Å². The number of hydrogen-bond acceptors (Lipinski definition) is 5. The van der Waals surface area contributed by atoms with Gasteiger partial charge in [0.2, 0.25) is 11.8 Å². The Kier molecular flexibility index (Phi) is 13.4. The fraction of sp³-hybridized carbons (Fsp3) is 0.571. The van der Waals surface area contributed by atoms with Crippen LogP contribution < -0.4 is 10.6 Å². The number of phenolic OH excluding ortho intramolecular Hbond substituents is 1. The topological polar surface area (TPSA) is 108 Å². The lowest BCUT2D eigenvalue weighted by molar-refractivity contribution is -0.143. The summed E-state index contributed by atoms with van der Waals surface area (Å²) in [6.45, 7) is 7.81. The fourth-order valence-corrected chi connectivity index (χ4v) is 5.65. The van der Waals surface area contributed by atoms with Crippen molar-refractivity contribution in [2.24, 2.45) is 0 Å². The number of carbonyl (C=O) groups is 3. The van der Waals surface area contributed by atoms with Crippen molar-refractivity contribution in [3.63, 3.8) is 0 Å². The zero-order valence-electron chi connectivity index (χ0n) is 26.4. The molecular weight excluding hydrogens is 542 g/mol. The number of alkyl carbamates (subject to hydrolysis) is 1. The zero-order chi connectivity index (χ0) is 31.2. The second-order valence-electron chi connectivity index (χ2n) is 12.7. The summed E-state index contributed by atoms with van der Waals surface area (Å²) in [5.74, 6) is -0.608. The molecule has 0 aliphatic heterocycles. The second-order valence-corrected chi connectivity index (χ2v) is 12.7. The SMILES string of the molecule is CCCCCCCN(C(=O)C(Cc1ccccc1)NC(=O)OC(C)(C)C)C(C(=O)NC1CCCCC1)c1cccc(O)c1. The van der Waals surface area contributed by atoms with Crippen LogP contribution in [-0.4, -0.2) is 52.1 Å². The van der Waals surface area contributed by atoms with Crippen molar-refractivity contribution in [2.45, 2.75) is 122 Å². The Morgan fingerprint density at radius 1 is 0.953 bits per heavy atom. The van der Waals surface area contributed by atoms with Gasteiger partial charge in [-0.3, -0.25) is 9.59 Å². The molecule has 0 spiro atoms. The summed E-state index contributed by atoms with van der Waals surface area (Å²) in [6, 6.07) is 14.2. The van der Waals surface area contributed by atoms with Crippen LogP contribution in [0.25, 0.3) is 0 Å². The van der Waals surface area contributed by atoms with Gasteiger partial charge in [0.1, 0.15) is 23.4 Å². The molecule has 3 N–H and O–H groups in total. The maximum atomic E-state index is 14.6. The highest BCUT2D eigenvalue weighted by atomic mass is 16.6. The van der Waals surface area contributed by atoms with Gasteiger partial charge in [0.05, 0.1) is 0 Å². The van der Waals surface area contributed by atoms with Crippen LogP contribution in [0.4, 0.5) is 4.79 Å². The van der Waals surface area contributed by atoms with E-state index in [0.29, 0.717) is 18.5 Å². The van der Waals surface area contributed by atoms with Gasteiger partial charge in [-0.05, 0) is 63.3 Å². The molecule has 3 amide bonds. The van der Waals surface area contributed by atoms with E-state index >= 15 is 0 Å². The van der Waals surface area contributed by atoms with E-state index in [-0.39, 0.29) is 30.0 Å². The zero-order valence-corrected chi connectivity index (χ0v) is 26.4. The van der Waals surface area contributed by atoms with Crippen LogP contribution in [-0.2, 0) is 20.7 Å². The number of ether oxygens (including phenoxy) is 1. The molecule has 1 fully saturated rings. The minimum atomic E-state index is -0.966.